The topological polar surface area (TPSA) is 55.2 Å². The zero-order chi connectivity index (χ0) is 18.0. The fourth-order valence-corrected chi connectivity index (χ4v) is 4.20. The van der Waals surface area contributed by atoms with Gasteiger partial charge < -0.3 is 4.90 Å². The maximum atomic E-state index is 12.5. The van der Waals surface area contributed by atoms with Crippen molar-refractivity contribution in [1.29, 1.82) is 0 Å². The summed E-state index contributed by atoms with van der Waals surface area (Å²) in [7, 11) is 3.49. The highest BCUT2D eigenvalue weighted by molar-refractivity contribution is 7.99. The Kier molecular flexibility index (Phi) is 5.24. The molecule has 1 aromatic carbocycles. The lowest BCUT2D eigenvalue weighted by molar-refractivity contribution is -0.128. The molecule has 0 spiro atoms. The lowest BCUT2D eigenvalue weighted by Crippen LogP contribution is -2.31. The maximum Gasteiger partial charge on any atom is 0.271 e. The van der Waals surface area contributed by atoms with E-state index < -0.39 is 0 Å². The standard InChI is InChI=1S/C18H19N3O2S2/c1-12(13-7-5-4-6-8-13)20(2)15(22)11-25-18-19-14-9-10-24-16(14)17(23)21(18)3/h4-10,12H,11H2,1-3H3. The number of hydrogen-bond donors (Lipinski definition) is 0. The van der Waals surface area contributed by atoms with Crippen LogP contribution in [0.25, 0.3) is 10.2 Å². The summed E-state index contributed by atoms with van der Waals surface area (Å²) < 4.78 is 2.16. The van der Waals surface area contributed by atoms with Gasteiger partial charge in [-0.25, -0.2) is 4.98 Å². The lowest BCUT2D eigenvalue weighted by atomic mass is 10.1. The summed E-state index contributed by atoms with van der Waals surface area (Å²) >= 11 is 2.68. The number of fused-ring (bicyclic) bond motifs is 1. The largest absolute Gasteiger partial charge is 0.338 e. The van der Waals surface area contributed by atoms with Crippen LogP contribution in [0.3, 0.4) is 0 Å². The lowest BCUT2D eigenvalue weighted by Gasteiger charge is -2.25. The molecule has 1 amide bonds. The Morgan fingerprint density at radius 1 is 1.32 bits per heavy atom. The van der Waals surface area contributed by atoms with Crippen molar-refractivity contribution in [3.8, 4) is 0 Å². The number of thiophene rings is 1. The predicted molar refractivity (Wildman–Crippen MR) is 103 cm³/mol. The summed E-state index contributed by atoms with van der Waals surface area (Å²) in [6, 6.07) is 11.7. The summed E-state index contributed by atoms with van der Waals surface area (Å²) in [6.07, 6.45) is 0. The number of nitrogens with zero attached hydrogens (tertiary/aromatic N) is 3. The van der Waals surface area contributed by atoms with Crippen LogP contribution >= 0.6 is 23.1 Å². The average molecular weight is 374 g/mol. The van der Waals surface area contributed by atoms with Crippen molar-refractivity contribution in [3.05, 3.63) is 57.7 Å². The van der Waals surface area contributed by atoms with Crippen LogP contribution in [0.4, 0.5) is 0 Å². The van der Waals surface area contributed by atoms with Gasteiger partial charge in [0.25, 0.3) is 5.56 Å². The minimum Gasteiger partial charge on any atom is -0.338 e. The van der Waals surface area contributed by atoms with E-state index in [4.69, 9.17) is 0 Å². The molecule has 2 aromatic heterocycles. The molecule has 2 heterocycles. The highest BCUT2D eigenvalue weighted by Gasteiger charge is 2.18. The second kappa shape index (κ2) is 7.41. The first kappa shape index (κ1) is 17.7. The Morgan fingerprint density at radius 2 is 2.04 bits per heavy atom. The number of amides is 1. The van der Waals surface area contributed by atoms with E-state index in [0.717, 1.165) is 5.56 Å². The molecule has 0 saturated carbocycles. The SMILES string of the molecule is CC(c1ccccc1)N(C)C(=O)CSc1nc2ccsc2c(=O)n1C. The molecule has 0 saturated heterocycles. The van der Waals surface area contributed by atoms with Crippen molar-refractivity contribution in [2.24, 2.45) is 7.05 Å². The summed E-state index contributed by atoms with van der Waals surface area (Å²) in [5.41, 5.74) is 1.71. The Labute approximate surface area is 154 Å². The summed E-state index contributed by atoms with van der Waals surface area (Å²) in [5.74, 6) is 0.241. The van der Waals surface area contributed by atoms with Crippen molar-refractivity contribution in [1.82, 2.24) is 14.5 Å². The van der Waals surface area contributed by atoms with Crippen molar-refractivity contribution in [2.45, 2.75) is 18.1 Å². The molecule has 0 radical (unpaired) electrons. The Morgan fingerprint density at radius 3 is 2.76 bits per heavy atom. The van der Waals surface area contributed by atoms with Gasteiger partial charge in [0.05, 0.1) is 17.3 Å². The smallest absolute Gasteiger partial charge is 0.271 e. The van der Waals surface area contributed by atoms with E-state index in [1.54, 1.807) is 19.0 Å². The minimum absolute atomic E-state index is 0.000942. The number of carbonyl (C=O) groups excluding carboxylic acids is 1. The quantitative estimate of drug-likeness (QED) is 0.509. The highest BCUT2D eigenvalue weighted by atomic mass is 32.2. The van der Waals surface area contributed by atoms with E-state index in [1.807, 2.05) is 48.7 Å². The number of aromatic nitrogens is 2. The summed E-state index contributed by atoms with van der Waals surface area (Å²) in [4.78, 5) is 31.1. The van der Waals surface area contributed by atoms with Gasteiger partial charge in [0, 0.05) is 14.1 Å². The zero-order valence-corrected chi connectivity index (χ0v) is 15.9. The molecular weight excluding hydrogens is 354 g/mol. The van der Waals surface area contributed by atoms with E-state index in [9.17, 15) is 9.59 Å². The highest BCUT2D eigenvalue weighted by Crippen LogP contribution is 2.23. The molecule has 0 fully saturated rings. The molecule has 0 N–H and O–H groups in total. The molecule has 7 heteroatoms. The molecule has 1 atom stereocenters. The monoisotopic (exact) mass is 373 g/mol. The molecule has 1 unspecified atom stereocenters. The van der Waals surface area contributed by atoms with E-state index in [-0.39, 0.29) is 23.3 Å². The molecular formula is C18H19N3O2S2. The van der Waals surface area contributed by atoms with Crippen molar-refractivity contribution in [2.75, 3.05) is 12.8 Å². The second-order valence-electron chi connectivity index (χ2n) is 5.77. The Hall–Kier alpha value is -2.12. The van der Waals surface area contributed by atoms with E-state index in [2.05, 4.69) is 4.98 Å². The van der Waals surface area contributed by atoms with Crippen molar-refractivity contribution < 1.29 is 4.79 Å². The van der Waals surface area contributed by atoms with Gasteiger partial charge in [-0.1, -0.05) is 42.1 Å². The maximum absolute atomic E-state index is 12.5. The van der Waals surface area contributed by atoms with Crippen LogP contribution < -0.4 is 5.56 Å². The van der Waals surface area contributed by atoms with Gasteiger partial charge in [0.15, 0.2) is 5.16 Å². The molecule has 5 nitrogen and oxygen atoms in total. The zero-order valence-electron chi connectivity index (χ0n) is 14.3. The summed E-state index contributed by atoms with van der Waals surface area (Å²) in [6.45, 7) is 2.00. The third kappa shape index (κ3) is 3.62. The van der Waals surface area contributed by atoms with Gasteiger partial charge in [-0.15, -0.1) is 11.3 Å². The van der Waals surface area contributed by atoms with Crippen LogP contribution in [0.15, 0.2) is 51.7 Å². The van der Waals surface area contributed by atoms with E-state index in [0.29, 0.717) is 15.4 Å². The number of carbonyl (C=O) groups is 1. The van der Waals surface area contributed by atoms with Gasteiger partial charge in [-0.05, 0) is 23.9 Å². The Balaban J connectivity index is 1.72. The fraction of sp³-hybridized carbons (Fsp3) is 0.278. The van der Waals surface area contributed by atoms with Crippen molar-refractivity contribution >= 4 is 39.2 Å². The third-order valence-corrected chi connectivity index (χ3v) is 6.13. The average Bonchev–Trinajstić information content (AvgIpc) is 3.11. The van der Waals surface area contributed by atoms with E-state index >= 15 is 0 Å². The van der Waals surface area contributed by atoms with Gasteiger partial charge in [0.1, 0.15) is 4.70 Å². The first-order valence-electron chi connectivity index (χ1n) is 7.86. The molecule has 0 aliphatic rings. The first-order valence-corrected chi connectivity index (χ1v) is 9.73. The van der Waals surface area contributed by atoms with Crippen LogP contribution in [0.2, 0.25) is 0 Å². The second-order valence-corrected chi connectivity index (χ2v) is 7.63. The summed E-state index contributed by atoms with van der Waals surface area (Å²) in [5, 5.41) is 2.42. The van der Waals surface area contributed by atoms with Crippen LogP contribution in [0.5, 0.6) is 0 Å². The van der Waals surface area contributed by atoms with Gasteiger partial charge in [-0.2, -0.15) is 0 Å². The molecule has 3 rings (SSSR count). The van der Waals surface area contributed by atoms with Crippen molar-refractivity contribution in [3.63, 3.8) is 0 Å². The minimum atomic E-state index is -0.0686. The van der Waals surface area contributed by atoms with Crippen LogP contribution in [-0.2, 0) is 11.8 Å². The van der Waals surface area contributed by atoms with Crippen LogP contribution in [-0.4, -0.2) is 33.2 Å². The van der Waals surface area contributed by atoms with E-state index in [1.165, 1.54) is 27.7 Å². The molecule has 0 aliphatic carbocycles. The Bertz CT molecular complexity index is 950. The normalized spacial score (nSPS) is 12.3. The number of thioether (sulfide) groups is 1. The third-order valence-electron chi connectivity index (χ3n) is 4.23. The van der Waals surface area contributed by atoms with Crippen LogP contribution in [0.1, 0.15) is 18.5 Å². The van der Waals surface area contributed by atoms with Crippen LogP contribution in [0, 0.1) is 0 Å². The predicted octanol–water partition coefficient (Wildman–Crippen LogP) is 3.31. The molecule has 130 valence electrons. The number of benzene rings is 1. The molecule has 3 aromatic rings. The fourth-order valence-electron chi connectivity index (χ4n) is 2.50. The van der Waals surface area contributed by atoms with Gasteiger partial charge in [0.2, 0.25) is 5.91 Å². The number of hydrogen-bond acceptors (Lipinski definition) is 5. The van der Waals surface area contributed by atoms with Gasteiger partial charge in [-0.3, -0.25) is 14.2 Å². The van der Waals surface area contributed by atoms with Gasteiger partial charge >= 0.3 is 0 Å². The first-order chi connectivity index (χ1) is 12.0. The molecule has 25 heavy (non-hydrogen) atoms. The molecule has 0 bridgehead atoms. The number of rotatable bonds is 5. The molecule has 0 aliphatic heterocycles.